The molecule has 0 aliphatic carbocycles. The number of nitrogens with one attached hydrogen (secondary N) is 2. The zero-order chi connectivity index (χ0) is 22.7. The van der Waals surface area contributed by atoms with E-state index in [4.69, 9.17) is 11.6 Å². The summed E-state index contributed by atoms with van der Waals surface area (Å²) in [6.07, 6.45) is -5.00. The number of benzene rings is 3. The van der Waals surface area contributed by atoms with E-state index in [9.17, 15) is 18.0 Å². The Morgan fingerprint density at radius 1 is 0.875 bits per heavy atom. The van der Waals surface area contributed by atoms with E-state index in [1.807, 2.05) is 35.6 Å². The van der Waals surface area contributed by atoms with E-state index in [-0.39, 0.29) is 11.4 Å². The van der Waals surface area contributed by atoms with E-state index >= 15 is 0 Å². The fourth-order valence-electron chi connectivity index (χ4n) is 3.06. The number of anilines is 3. The Morgan fingerprint density at radius 3 is 2.25 bits per heavy atom. The molecule has 162 valence electrons. The van der Waals surface area contributed by atoms with Gasteiger partial charge >= 0.3 is 12.1 Å². The first-order chi connectivity index (χ1) is 15.3. The number of para-hydroxylation sites is 2. The van der Waals surface area contributed by atoms with Crippen molar-refractivity contribution in [1.82, 2.24) is 9.78 Å². The maximum Gasteiger partial charge on any atom is 0.471 e. The number of hydrogen-bond acceptors (Lipinski definition) is 3. The lowest BCUT2D eigenvalue weighted by molar-refractivity contribution is -0.167. The van der Waals surface area contributed by atoms with Crippen molar-refractivity contribution in [2.75, 3.05) is 10.6 Å². The molecule has 0 unspecified atom stereocenters. The van der Waals surface area contributed by atoms with Crippen LogP contribution in [0.15, 0.2) is 84.9 Å². The molecule has 0 spiro atoms. The second kappa shape index (κ2) is 8.76. The third kappa shape index (κ3) is 4.76. The highest BCUT2D eigenvalue weighted by Crippen LogP contribution is 2.31. The number of carbonyl (C=O) groups is 1. The van der Waals surface area contributed by atoms with Gasteiger partial charge in [0.2, 0.25) is 0 Å². The van der Waals surface area contributed by atoms with E-state index in [1.54, 1.807) is 47.1 Å². The Kier molecular flexibility index (Phi) is 5.87. The quantitative estimate of drug-likeness (QED) is 0.363. The average Bonchev–Trinajstić information content (AvgIpc) is 3.19. The van der Waals surface area contributed by atoms with Gasteiger partial charge < -0.3 is 10.6 Å². The van der Waals surface area contributed by atoms with Crippen molar-refractivity contribution in [3.05, 3.63) is 90.0 Å². The summed E-state index contributed by atoms with van der Waals surface area (Å²) >= 11 is 6.14. The van der Waals surface area contributed by atoms with Gasteiger partial charge in [-0.3, -0.25) is 4.79 Å². The van der Waals surface area contributed by atoms with Gasteiger partial charge in [-0.15, -0.1) is 0 Å². The van der Waals surface area contributed by atoms with Crippen LogP contribution in [0, 0.1) is 0 Å². The largest absolute Gasteiger partial charge is 0.471 e. The number of nitrogens with zero attached hydrogens (tertiary/aromatic N) is 2. The molecule has 5 nitrogen and oxygen atoms in total. The van der Waals surface area contributed by atoms with E-state index < -0.39 is 12.1 Å². The van der Waals surface area contributed by atoms with Gasteiger partial charge in [0, 0.05) is 16.7 Å². The topological polar surface area (TPSA) is 59.0 Å². The maximum absolute atomic E-state index is 12.7. The van der Waals surface area contributed by atoms with E-state index in [2.05, 4.69) is 10.4 Å². The normalized spacial score (nSPS) is 11.2. The highest BCUT2D eigenvalue weighted by Gasteiger charge is 2.39. The molecule has 0 aliphatic heterocycles. The Balaban J connectivity index is 1.76. The van der Waals surface area contributed by atoms with Crippen LogP contribution in [0.25, 0.3) is 16.9 Å². The highest BCUT2D eigenvalue weighted by molar-refractivity contribution is 6.30. The van der Waals surface area contributed by atoms with Crippen molar-refractivity contribution in [3.8, 4) is 16.9 Å². The monoisotopic (exact) mass is 456 g/mol. The zero-order valence-corrected chi connectivity index (χ0v) is 17.2. The fraction of sp³-hybridized carbons (Fsp3) is 0.0435. The molecule has 4 rings (SSSR count). The van der Waals surface area contributed by atoms with Crippen molar-refractivity contribution >= 4 is 34.7 Å². The SMILES string of the molecule is O=C(Nc1ccccc1Nc1cc(-c2ccccc2)nn1-c1cccc(Cl)c1)C(F)(F)F. The minimum Gasteiger partial charge on any atom is -0.338 e. The van der Waals surface area contributed by atoms with Gasteiger partial charge in [0.05, 0.1) is 22.8 Å². The molecule has 0 saturated carbocycles. The molecule has 1 amide bonds. The first-order valence-electron chi connectivity index (χ1n) is 9.47. The molecule has 0 saturated heterocycles. The lowest BCUT2D eigenvalue weighted by atomic mass is 10.1. The van der Waals surface area contributed by atoms with Gasteiger partial charge in [-0.25, -0.2) is 4.68 Å². The predicted octanol–water partition coefficient (Wildman–Crippen LogP) is 6.44. The summed E-state index contributed by atoms with van der Waals surface area (Å²) in [5, 5.41) is 10.1. The molecule has 32 heavy (non-hydrogen) atoms. The number of hydrogen-bond donors (Lipinski definition) is 2. The predicted molar refractivity (Wildman–Crippen MR) is 118 cm³/mol. The van der Waals surface area contributed by atoms with Crippen LogP contribution in [0.1, 0.15) is 0 Å². The average molecular weight is 457 g/mol. The summed E-state index contributed by atoms with van der Waals surface area (Å²) in [7, 11) is 0. The first kappa shape index (κ1) is 21.5. The number of amides is 1. The molecular formula is C23H16ClF3N4O. The molecular weight excluding hydrogens is 441 g/mol. The van der Waals surface area contributed by atoms with Crippen LogP contribution >= 0.6 is 11.6 Å². The summed E-state index contributed by atoms with van der Waals surface area (Å²) in [6, 6.07) is 24.3. The molecule has 3 aromatic carbocycles. The Bertz CT molecular complexity index is 1260. The van der Waals surface area contributed by atoms with Gasteiger partial charge in [-0.1, -0.05) is 60.1 Å². The van der Waals surface area contributed by atoms with Crippen molar-refractivity contribution in [2.24, 2.45) is 0 Å². The van der Waals surface area contributed by atoms with Crippen molar-refractivity contribution in [3.63, 3.8) is 0 Å². The first-order valence-corrected chi connectivity index (χ1v) is 9.85. The molecule has 2 N–H and O–H groups in total. The summed E-state index contributed by atoms with van der Waals surface area (Å²) < 4.78 is 39.8. The molecule has 1 heterocycles. The standard InChI is InChI=1S/C23H16ClF3N4O/c24-16-9-6-10-17(13-16)31-21(14-20(30-31)15-7-2-1-3-8-15)28-18-11-4-5-12-19(18)29-22(32)23(25,26)27/h1-14,28H,(H,29,32). The maximum atomic E-state index is 12.7. The minimum atomic E-state index is -5.00. The van der Waals surface area contributed by atoms with Crippen LogP contribution in [0.4, 0.5) is 30.4 Å². The molecule has 0 aliphatic rings. The molecule has 0 radical (unpaired) electrons. The van der Waals surface area contributed by atoms with Gasteiger partial charge in [0.15, 0.2) is 0 Å². The minimum absolute atomic E-state index is 0.0186. The Labute approximate surface area is 186 Å². The number of aromatic nitrogens is 2. The van der Waals surface area contributed by atoms with Crippen LogP contribution in [0.2, 0.25) is 5.02 Å². The van der Waals surface area contributed by atoms with Crippen LogP contribution < -0.4 is 10.6 Å². The highest BCUT2D eigenvalue weighted by atomic mass is 35.5. The van der Waals surface area contributed by atoms with E-state index in [1.165, 1.54) is 12.1 Å². The van der Waals surface area contributed by atoms with Crippen molar-refractivity contribution in [1.29, 1.82) is 0 Å². The van der Waals surface area contributed by atoms with Crippen molar-refractivity contribution in [2.45, 2.75) is 6.18 Å². The van der Waals surface area contributed by atoms with E-state index in [0.717, 1.165) is 5.56 Å². The van der Waals surface area contributed by atoms with Gasteiger partial charge in [-0.05, 0) is 30.3 Å². The number of rotatable bonds is 5. The Morgan fingerprint density at radius 2 is 1.56 bits per heavy atom. The molecule has 4 aromatic rings. The Hall–Kier alpha value is -3.78. The van der Waals surface area contributed by atoms with E-state index in [0.29, 0.717) is 22.2 Å². The lowest BCUT2D eigenvalue weighted by Gasteiger charge is -2.15. The summed E-state index contributed by atoms with van der Waals surface area (Å²) in [5.74, 6) is -1.58. The summed E-state index contributed by atoms with van der Waals surface area (Å²) in [5.41, 5.74) is 2.40. The summed E-state index contributed by atoms with van der Waals surface area (Å²) in [4.78, 5) is 11.5. The third-order valence-electron chi connectivity index (χ3n) is 4.53. The number of carbonyl (C=O) groups excluding carboxylic acids is 1. The molecule has 0 bridgehead atoms. The summed E-state index contributed by atoms with van der Waals surface area (Å²) in [6.45, 7) is 0. The van der Waals surface area contributed by atoms with Crippen LogP contribution in [-0.2, 0) is 4.79 Å². The van der Waals surface area contributed by atoms with Gasteiger partial charge in [-0.2, -0.15) is 18.3 Å². The van der Waals surface area contributed by atoms with Gasteiger partial charge in [0.1, 0.15) is 5.82 Å². The molecule has 9 heteroatoms. The second-order valence-corrected chi connectivity index (χ2v) is 7.23. The third-order valence-corrected chi connectivity index (χ3v) is 4.76. The smallest absolute Gasteiger partial charge is 0.338 e. The van der Waals surface area contributed by atoms with Crippen LogP contribution in [0.5, 0.6) is 0 Å². The second-order valence-electron chi connectivity index (χ2n) is 6.79. The van der Waals surface area contributed by atoms with Crippen LogP contribution in [0.3, 0.4) is 0 Å². The molecule has 1 aromatic heterocycles. The molecule has 0 atom stereocenters. The lowest BCUT2D eigenvalue weighted by Crippen LogP contribution is -2.30. The van der Waals surface area contributed by atoms with Crippen molar-refractivity contribution < 1.29 is 18.0 Å². The fourth-order valence-corrected chi connectivity index (χ4v) is 3.24. The molecule has 0 fully saturated rings. The van der Waals surface area contributed by atoms with Crippen LogP contribution in [-0.4, -0.2) is 21.9 Å². The van der Waals surface area contributed by atoms with Gasteiger partial charge in [0.25, 0.3) is 0 Å². The number of alkyl halides is 3. The zero-order valence-electron chi connectivity index (χ0n) is 16.4. The number of halogens is 4.